The zero-order valence-corrected chi connectivity index (χ0v) is 16.2. The molecule has 8 nitrogen and oxygen atoms in total. The highest BCUT2D eigenvalue weighted by Gasteiger charge is 2.27. The van der Waals surface area contributed by atoms with E-state index < -0.39 is 0 Å². The SMILES string of the molecule is CN(C)C(=O)CN=C(NC1CCCC1)N1CCN(C(=O)c2ccco2)CC1. The van der Waals surface area contributed by atoms with Crippen LogP contribution in [-0.2, 0) is 4.79 Å². The lowest BCUT2D eigenvalue weighted by Gasteiger charge is -2.37. The van der Waals surface area contributed by atoms with E-state index in [1.807, 2.05) is 0 Å². The van der Waals surface area contributed by atoms with Crippen LogP contribution in [-0.4, -0.2) is 85.3 Å². The highest BCUT2D eigenvalue weighted by atomic mass is 16.3. The van der Waals surface area contributed by atoms with Crippen molar-refractivity contribution in [2.24, 2.45) is 4.99 Å². The zero-order chi connectivity index (χ0) is 19.2. The first-order valence-electron chi connectivity index (χ1n) is 9.63. The molecule has 8 heteroatoms. The third-order valence-electron chi connectivity index (χ3n) is 5.15. The molecule has 0 atom stereocenters. The van der Waals surface area contributed by atoms with E-state index >= 15 is 0 Å². The highest BCUT2D eigenvalue weighted by Crippen LogP contribution is 2.18. The number of hydrogen-bond donors (Lipinski definition) is 1. The van der Waals surface area contributed by atoms with Gasteiger partial charge in [0.1, 0.15) is 6.54 Å². The van der Waals surface area contributed by atoms with Crippen LogP contribution in [0.25, 0.3) is 0 Å². The Bertz CT molecular complexity index is 657. The van der Waals surface area contributed by atoms with E-state index in [1.165, 1.54) is 19.1 Å². The fourth-order valence-corrected chi connectivity index (χ4v) is 3.45. The van der Waals surface area contributed by atoms with Crippen LogP contribution < -0.4 is 5.32 Å². The van der Waals surface area contributed by atoms with Gasteiger partial charge in [0, 0.05) is 46.3 Å². The van der Waals surface area contributed by atoms with Crippen LogP contribution in [0.1, 0.15) is 36.2 Å². The van der Waals surface area contributed by atoms with E-state index in [4.69, 9.17) is 4.42 Å². The fraction of sp³-hybridized carbons (Fsp3) is 0.632. The van der Waals surface area contributed by atoms with Gasteiger partial charge < -0.3 is 24.4 Å². The van der Waals surface area contributed by atoms with Crippen LogP contribution in [0.3, 0.4) is 0 Å². The van der Waals surface area contributed by atoms with E-state index in [0.29, 0.717) is 38.0 Å². The maximum atomic E-state index is 12.4. The lowest BCUT2D eigenvalue weighted by Crippen LogP contribution is -2.55. The Morgan fingerprint density at radius 1 is 1.19 bits per heavy atom. The maximum absolute atomic E-state index is 12.4. The summed E-state index contributed by atoms with van der Waals surface area (Å²) in [5.74, 6) is 1.05. The molecule has 1 N–H and O–H groups in total. The minimum atomic E-state index is -0.0790. The number of likely N-dealkylation sites (N-methyl/N-ethyl adjacent to an activating group) is 1. The molecule has 2 heterocycles. The monoisotopic (exact) mass is 375 g/mol. The predicted octanol–water partition coefficient (Wildman–Crippen LogP) is 1.01. The average molecular weight is 375 g/mol. The lowest BCUT2D eigenvalue weighted by molar-refractivity contribution is -0.127. The molecular formula is C19H29N5O3. The lowest BCUT2D eigenvalue weighted by atomic mass is 10.2. The van der Waals surface area contributed by atoms with Gasteiger partial charge in [-0.2, -0.15) is 0 Å². The molecule has 2 aliphatic rings. The summed E-state index contributed by atoms with van der Waals surface area (Å²) >= 11 is 0. The minimum absolute atomic E-state index is 0.0210. The van der Waals surface area contributed by atoms with E-state index in [-0.39, 0.29) is 18.4 Å². The number of furan rings is 1. The molecule has 0 bridgehead atoms. The molecule has 1 aliphatic carbocycles. The largest absolute Gasteiger partial charge is 0.459 e. The molecule has 0 unspecified atom stereocenters. The third kappa shape index (κ3) is 5.02. The molecule has 1 saturated heterocycles. The quantitative estimate of drug-likeness (QED) is 0.628. The number of nitrogens with zero attached hydrogens (tertiary/aromatic N) is 4. The van der Waals surface area contributed by atoms with E-state index in [1.54, 1.807) is 36.0 Å². The second-order valence-electron chi connectivity index (χ2n) is 7.31. The molecule has 3 rings (SSSR count). The summed E-state index contributed by atoms with van der Waals surface area (Å²) in [6, 6.07) is 3.83. The van der Waals surface area contributed by atoms with E-state index in [2.05, 4.69) is 15.2 Å². The first-order chi connectivity index (χ1) is 13.0. The number of piperazine rings is 1. The second-order valence-corrected chi connectivity index (χ2v) is 7.31. The van der Waals surface area contributed by atoms with Crippen molar-refractivity contribution in [2.45, 2.75) is 31.7 Å². The summed E-state index contributed by atoms with van der Waals surface area (Å²) in [6.45, 7) is 2.70. The van der Waals surface area contributed by atoms with Crippen molar-refractivity contribution in [3.8, 4) is 0 Å². The molecule has 0 aromatic carbocycles. The number of amides is 2. The molecule has 2 fully saturated rings. The average Bonchev–Trinajstić information content (AvgIpc) is 3.38. The van der Waals surface area contributed by atoms with Crippen molar-refractivity contribution < 1.29 is 14.0 Å². The van der Waals surface area contributed by atoms with Gasteiger partial charge in [0.05, 0.1) is 6.26 Å². The van der Waals surface area contributed by atoms with Gasteiger partial charge in [0.2, 0.25) is 5.91 Å². The summed E-state index contributed by atoms with van der Waals surface area (Å²) in [5, 5.41) is 3.53. The van der Waals surface area contributed by atoms with Crippen molar-refractivity contribution in [1.82, 2.24) is 20.0 Å². The summed E-state index contributed by atoms with van der Waals surface area (Å²) in [6.07, 6.45) is 6.25. The van der Waals surface area contributed by atoms with E-state index in [0.717, 1.165) is 18.8 Å². The first-order valence-corrected chi connectivity index (χ1v) is 9.63. The number of carbonyl (C=O) groups is 2. The Kier molecular flexibility index (Phi) is 6.36. The van der Waals surface area contributed by atoms with Gasteiger partial charge in [-0.3, -0.25) is 9.59 Å². The highest BCUT2D eigenvalue weighted by molar-refractivity contribution is 5.91. The van der Waals surface area contributed by atoms with Crippen molar-refractivity contribution in [1.29, 1.82) is 0 Å². The standard InChI is InChI=1S/C19H29N5O3/c1-22(2)17(25)14-20-19(21-15-6-3-4-7-15)24-11-9-23(10-12-24)18(26)16-8-5-13-27-16/h5,8,13,15H,3-4,6-7,9-12,14H2,1-2H3,(H,20,21). The smallest absolute Gasteiger partial charge is 0.289 e. The summed E-state index contributed by atoms with van der Waals surface area (Å²) in [7, 11) is 3.47. The molecule has 27 heavy (non-hydrogen) atoms. The molecule has 0 radical (unpaired) electrons. The molecule has 1 aromatic heterocycles. The van der Waals surface area contributed by atoms with Crippen LogP contribution in [0.5, 0.6) is 0 Å². The first kappa shape index (κ1) is 19.3. The number of rotatable bonds is 4. The molecule has 148 valence electrons. The maximum Gasteiger partial charge on any atom is 0.289 e. The fourth-order valence-electron chi connectivity index (χ4n) is 3.45. The Balaban J connectivity index is 1.61. The Hall–Kier alpha value is -2.51. The predicted molar refractivity (Wildman–Crippen MR) is 103 cm³/mol. The Morgan fingerprint density at radius 3 is 2.44 bits per heavy atom. The zero-order valence-electron chi connectivity index (χ0n) is 16.2. The summed E-state index contributed by atoms with van der Waals surface area (Å²) in [5.41, 5.74) is 0. The van der Waals surface area contributed by atoms with Gasteiger partial charge in [0.15, 0.2) is 11.7 Å². The Labute approximate surface area is 160 Å². The number of guanidine groups is 1. The number of nitrogens with one attached hydrogen (secondary N) is 1. The molecule has 1 aromatic rings. The van der Waals surface area contributed by atoms with Gasteiger partial charge in [-0.05, 0) is 25.0 Å². The van der Waals surface area contributed by atoms with Crippen molar-refractivity contribution in [3.05, 3.63) is 24.2 Å². The van der Waals surface area contributed by atoms with E-state index in [9.17, 15) is 9.59 Å². The van der Waals surface area contributed by atoms with Crippen LogP contribution in [0.15, 0.2) is 27.8 Å². The molecular weight excluding hydrogens is 346 g/mol. The van der Waals surface area contributed by atoms with Crippen LogP contribution in [0.4, 0.5) is 0 Å². The van der Waals surface area contributed by atoms with Crippen LogP contribution in [0, 0.1) is 0 Å². The van der Waals surface area contributed by atoms with Crippen LogP contribution >= 0.6 is 0 Å². The third-order valence-corrected chi connectivity index (χ3v) is 5.15. The normalized spacial score (nSPS) is 18.7. The molecule has 1 saturated carbocycles. The summed E-state index contributed by atoms with van der Waals surface area (Å²) in [4.78, 5) is 34.4. The number of aliphatic imine (C=N–C) groups is 1. The molecule has 1 aliphatic heterocycles. The topological polar surface area (TPSA) is 81.4 Å². The number of carbonyl (C=O) groups excluding carboxylic acids is 2. The van der Waals surface area contributed by atoms with Gasteiger partial charge in [-0.15, -0.1) is 0 Å². The minimum Gasteiger partial charge on any atom is -0.459 e. The van der Waals surface area contributed by atoms with Gasteiger partial charge >= 0.3 is 0 Å². The summed E-state index contributed by atoms with van der Waals surface area (Å²) < 4.78 is 5.22. The Morgan fingerprint density at radius 2 is 1.85 bits per heavy atom. The van der Waals surface area contributed by atoms with Gasteiger partial charge in [0.25, 0.3) is 5.91 Å². The van der Waals surface area contributed by atoms with Crippen molar-refractivity contribution in [3.63, 3.8) is 0 Å². The second kappa shape index (κ2) is 8.92. The van der Waals surface area contributed by atoms with Crippen molar-refractivity contribution in [2.75, 3.05) is 46.8 Å². The van der Waals surface area contributed by atoms with Crippen LogP contribution in [0.2, 0.25) is 0 Å². The van der Waals surface area contributed by atoms with Crippen molar-refractivity contribution >= 4 is 17.8 Å². The molecule has 0 spiro atoms. The molecule has 2 amide bonds. The van der Waals surface area contributed by atoms with Gasteiger partial charge in [-0.1, -0.05) is 12.8 Å². The van der Waals surface area contributed by atoms with Gasteiger partial charge in [-0.25, -0.2) is 4.99 Å². The number of hydrogen-bond acceptors (Lipinski definition) is 4.